The highest BCUT2D eigenvalue weighted by molar-refractivity contribution is 9.10. The Hall–Kier alpha value is -1.61. The summed E-state index contributed by atoms with van der Waals surface area (Å²) in [5.74, 6) is -0.366. The minimum absolute atomic E-state index is 0.115. The third-order valence-corrected chi connectivity index (χ3v) is 3.34. The highest BCUT2D eigenvalue weighted by Crippen LogP contribution is 2.38. The van der Waals surface area contributed by atoms with E-state index in [1.807, 2.05) is 6.07 Å². The SMILES string of the molecule is N#Cc1c(Br)c(F)c2c3c1ncn3CCO2. The van der Waals surface area contributed by atoms with Crippen LogP contribution in [0.1, 0.15) is 5.56 Å². The van der Waals surface area contributed by atoms with Gasteiger partial charge in [0.15, 0.2) is 11.6 Å². The molecular weight excluding hydrogens is 277 g/mol. The molecule has 0 aliphatic carbocycles. The summed E-state index contributed by atoms with van der Waals surface area (Å²) in [6.07, 6.45) is 1.60. The molecule has 3 rings (SSSR count). The highest BCUT2D eigenvalue weighted by atomic mass is 79.9. The molecule has 0 atom stereocenters. The molecule has 0 fully saturated rings. The lowest BCUT2D eigenvalue weighted by atomic mass is 10.1. The van der Waals surface area contributed by atoms with Gasteiger partial charge in [-0.2, -0.15) is 5.26 Å². The molecule has 6 heteroatoms. The first-order valence-electron chi connectivity index (χ1n) is 4.62. The molecule has 1 aliphatic heterocycles. The summed E-state index contributed by atoms with van der Waals surface area (Å²) in [5, 5.41) is 9.00. The fraction of sp³-hybridized carbons (Fsp3) is 0.200. The number of nitrogens with zero attached hydrogens (tertiary/aromatic N) is 3. The third kappa shape index (κ3) is 1.04. The molecule has 0 amide bonds. The largest absolute Gasteiger partial charge is 0.486 e. The van der Waals surface area contributed by atoms with E-state index in [0.717, 1.165) is 0 Å². The van der Waals surface area contributed by atoms with Crippen LogP contribution in [-0.4, -0.2) is 16.2 Å². The van der Waals surface area contributed by atoms with Crippen molar-refractivity contribution >= 4 is 27.0 Å². The Morgan fingerprint density at radius 3 is 3.19 bits per heavy atom. The van der Waals surface area contributed by atoms with Crippen molar-refractivity contribution in [2.75, 3.05) is 6.61 Å². The van der Waals surface area contributed by atoms with E-state index in [1.54, 1.807) is 10.9 Å². The van der Waals surface area contributed by atoms with Crippen LogP contribution < -0.4 is 4.74 Å². The van der Waals surface area contributed by atoms with Crippen LogP contribution in [0.15, 0.2) is 10.8 Å². The normalized spacial score (nSPS) is 13.6. The molecule has 0 bridgehead atoms. The number of rotatable bonds is 0. The van der Waals surface area contributed by atoms with Crippen LogP contribution in [0.25, 0.3) is 11.0 Å². The summed E-state index contributed by atoms with van der Waals surface area (Å²) in [7, 11) is 0. The zero-order valence-electron chi connectivity index (χ0n) is 8.00. The van der Waals surface area contributed by atoms with Crippen molar-refractivity contribution in [1.29, 1.82) is 5.26 Å². The van der Waals surface area contributed by atoms with Crippen LogP contribution in [0.3, 0.4) is 0 Å². The Balaban J connectivity index is 2.56. The van der Waals surface area contributed by atoms with Crippen molar-refractivity contribution in [1.82, 2.24) is 9.55 Å². The number of ether oxygens (including phenoxy) is 1. The topological polar surface area (TPSA) is 50.8 Å². The van der Waals surface area contributed by atoms with E-state index in [1.165, 1.54) is 0 Å². The highest BCUT2D eigenvalue weighted by Gasteiger charge is 2.25. The number of hydrogen-bond acceptors (Lipinski definition) is 3. The molecule has 1 aromatic carbocycles. The zero-order chi connectivity index (χ0) is 11.3. The standard InChI is InChI=1S/C10H5BrFN3O/c11-6-5(3-13)8-9-10(7(6)12)16-2-1-15(9)4-14-8/h4H,1-2H2. The molecule has 80 valence electrons. The molecular formula is C10H5BrFN3O. The van der Waals surface area contributed by atoms with Gasteiger partial charge in [0.2, 0.25) is 0 Å². The van der Waals surface area contributed by atoms with Gasteiger partial charge >= 0.3 is 0 Å². The Kier molecular flexibility index (Phi) is 1.91. The van der Waals surface area contributed by atoms with Gasteiger partial charge in [0.25, 0.3) is 0 Å². The third-order valence-electron chi connectivity index (χ3n) is 2.59. The second-order valence-electron chi connectivity index (χ2n) is 3.43. The van der Waals surface area contributed by atoms with Crippen LogP contribution >= 0.6 is 15.9 Å². The first-order valence-corrected chi connectivity index (χ1v) is 5.42. The van der Waals surface area contributed by atoms with Gasteiger partial charge in [-0.05, 0) is 15.9 Å². The van der Waals surface area contributed by atoms with Gasteiger partial charge in [-0.25, -0.2) is 9.37 Å². The smallest absolute Gasteiger partial charge is 0.182 e. The molecule has 0 unspecified atom stereocenters. The van der Waals surface area contributed by atoms with Crippen molar-refractivity contribution in [3.63, 3.8) is 0 Å². The minimum atomic E-state index is -0.537. The number of nitriles is 1. The zero-order valence-corrected chi connectivity index (χ0v) is 9.58. The summed E-state index contributed by atoms with van der Waals surface area (Å²) < 4.78 is 21.1. The van der Waals surface area contributed by atoms with Crippen LogP contribution in [-0.2, 0) is 6.54 Å². The van der Waals surface area contributed by atoms with E-state index in [-0.39, 0.29) is 15.8 Å². The summed E-state index contributed by atoms with van der Waals surface area (Å²) in [4.78, 5) is 4.13. The van der Waals surface area contributed by atoms with E-state index < -0.39 is 5.82 Å². The Labute approximate surface area is 98.4 Å². The van der Waals surface area contributed by atoms with E-state index in [4.69, 9.17) is 10.00 Å². The molecule has 16 heavy (non-hydrogen) atoms. The lowest BCUT2D eigenvalue weighted by Crippen LogP contribution is -2.14. The molecule has 1 aromatic heterocycles. The van der Waals surface area contributed by atoms with Crippen molar-refractivity contribution < 1.29 is 9.13 Å². The fourth-order valence-corrected chi connectivity index (χ4v) is 2.33. The molecule has 0 saturated carbocycles. The van der Waals surface area contributed by atoms with Gasteiger partial charge in [0, 0.05) is 0 Å². The van der Waals surface area contributed by atoms with Gasteiger partial charge in [-0.15, -0.1) is 0 Å². The van der Waals surface area contributed by atoms with Crippen molar-refractivity contribution in [2.24, 2.45) is 0 Å². The predicted molar refractivity (Wildman–Crippen MR) is 57.6 cm³/mol. The maximum Gasteiger partial charge on any atom is 0.182 e. The molecule has 0 saturated heterocycles. The lowest BCUT2D eigenvalue weighted by Gasteiger charge is -2.17. The maximum atomic E-state index is 13.9. The molecule has 4 nitrogen and oxygen atoms in total. The molecule has 0 N–H and O–H groups in total. The van der Waals surface area contributed by atoms with Crippen LogP contribution in [0.5, 0.6) is 5.75 Å². The van der Waals surface area contributed by atoms with E-state index in [2.05, 4.69) is 20.9 Å². The number of imidazole rings is 1. The van der Waals surface area contributed by atoms with Crippen molar-refractivity contribution in [3.8, 4) is 11.8 Å². The van der Waals surface area contributed by atoms with Gasteiger partial charge in [0.05, 0.1) is 22.9 Å². The molecule has 0 radical (unpaired) electrons. The Bertz CT molecular complexity index is 644. The van der Waals surface area contributed by atoms with Crippen molar-refractivity contribution in [2.45, 2.75) is 6.54 Å². The van der Waals surface area contributed by atoms with Crippen molar-refractivity contribution in [3.05, 3.63) is 22.2 Å². The average Bonchev–Trinajstić information content (AvgIpc) is 2.72. The van der Waals surface area contributed by atoms with Gasteiger partial charge in [-0.1, -0.05) is 0 Å². The molecule has 2 aromatic rings. The predicted octanol–water partition coefficient (Wildman–Crippen LogP) is 2.20. The fourth-order valence-electron chi connectivity index (χ4n) is 1.87. The van der Waals surface area contributed by atoms with Crippen LogP contribution in [0, 0.1) is 17.1 Å². The quantitative estimate of drug-likeness (QED) is 0.744. The Morgan fingerprint density at radius 1 is 1.62 bits per heavy atom. The van der Waals surface area contributed by atoms with E-state index in [0.29, 0.717) is 24.2 Å². The summed E-state index contributed by atoms with van der Waals surface area (Å²) in [5.41, 5.74) is 1.24. The second-order valence-corrected chi connectivity index (χ2v) is 4.22. The second kappa shape index (κ2) is 3.19. The number of benzene rings is 1. The summed E-state index contributed by atoms with van der Waals surface area (Å²) in [6.45, 7) is 1.03. The molecule has 2 heterocycles. The summed E-state index contributed by atoms with van der Waals surface area (Å²) in [6, 6.07) is 1.95. The van der Waals surface area contributed by atoms with Gasteiger partial charge < -0.3 is 9.30 Å². The number of hydrogen-bond donors (Lipinski definition) is 0. The number of halogens is 2. The van der Waals surface area contributed by atoms with Crippen LogP contribution in [0.2, 0.25) is 0 Å². The van der Waals surface area contributed by atoms with Crippen LogP contribution in [0.4, 0.5) is 4.39 Å². The van der Waals surface area contributed by atoms with Gasteiger partial charge in [-0.3, -0.25) is 0 Å². The Morgan fingerprint density at radius 2 is 2.44 bits per heavy atom. The molecule has 1 aliphatic rings. The summed E-state index contributed by atoms with van der Waals surface area (Å²) >= 11 is 3.06. The monoisotopic (exact) mass is 281 g/mol. The maximum absolute atomic E-state index is 13.9. The number of aromatic nitrogens is 2. The first-order chi connectivity index (χ1) is 7.74. The van der Waals surface area contributed by atoms with E-state index in [9.17, 15) is 4.39 Å². The lowest BCUT2D eigenvalue weighted by molar-refractivity contribution is 0.272. The minimum Gasteiger partial charge on any atom is -0.486 e. The van der Waals surface area contributed by atoms with E-state index >= 15 is 0 Å². The molecule has 0 spiro atoms. The average molecular weight is 282 g/mol. The van der Waals surface area contributed by atoms with Gasteiger partial charge in [0.1, 0.15) is 23.7 Å². The first kappa shape index (κ1) is 9.60.